The van der Waals surface area contributed by atoms with E-state index in [-0.39, 0.29) is 0 Å². The number of rotatable bonds is 3. The first-order chi connectivity index (χ1) is 8.54. The van der Waals surface area contributed by atoms with E-state index >= 15 is 0 Å². The van der Waals surface area contributed by atoms with Crippen LogP contribution in [0.15, 0.2) is 28.9 Å². The van der Waals surface area contributed by atoms with Gasteiger partial charge in [-0.1, -0.05) is 6.92 Å². The van der Waals surface area contributed by atoms with Crippen molar-refractivity contribution in [3.8, 4) is 0 Å². The summed E-state index contributed by atoms with van der Waals surface area (Å²) in [5, 5.41) is 0.997. The molecule has 0 spiro atoms. The largest absolute Gasteiger partial charge is 0.398 e. The van der Waals surface area contributed by atoms with E-state index in [0.717, 1.165) is 33.2 Å². The minimum atomic E-state index is 0.474. The lowest BCUT2D eigenvalue weighted by Gasteiger charge is -2.27. The lowest BCUT2D eigenvalue weighted by Crippen LogP contribution is -2.28. The number of nitrogens with two attached hydrogens (primary N) is 1. The van der Waals surface area contributed by atoms with Crippen LogP contribution in [-0.2, 0) is 0 Å². The maximum absolute atomic E-state index is 6.02. The predicted octanol–water partition coefficient (Wildman–Crippen LogP) is 3.81. The van der Waals surface area contributed by atoms with Gasteiger partial charge in [-0.15, -0.1) is 0 Å². The van der Waals surface area contributed by atoms with Crippen molar-refractivity contribution in [3.05, 3.63) is 28.9 Å². The molecule has 1 heterocycles. The Kier molecular flexibility index (Phi) is 3.76. The van der Waals surface area contributed by atoms with Crippen LogP contribution in [0, 0.1) is 0 Å². The molecule has 1 unspecified atom stereocenters. The molecule has 1 aromatic heterocycles. The smallest absolute Gasteiger partial charge is 0.0956 e. The molecule has 0 bridgehead atoms. The fourth-order valence-corrected chi connectivity index (χ4v) is 2.33. The summed E-state index contributed by atoms with van der Waals surface area (Å²) in [6.45, 7) is 4.39. The van der Waals surface area contributed by atoms with Gasteiger partial charge in [-0.25, -0.2) is 0 Å². The molecule has 0 aliphatic heterocycles. The second kappa shape index (κ2) is 5.14. The van der Waals surface area contributed by atoms with Gasteiger partial charge in [-0.05, 0) is 47.5 Å². The van der Waals surface area contributed by atoms with Gasteiger partial charge in [0.25, 0.3) is 0 Å². The molecule has 1 atom stereocenters. The predicted molar refractivity (Wildman–Crippen MR) is 82.0 cm³/mol. The minimum absolute atomic E-state index is 0.474. The SMILES string of the molecule is CCC(C)N(C)c1ccc(N)c2cc(Br)cnc12. The Labute approximate surface area is 116 Å². The molecular weight excluding hydrogens is 290 g/mol. The molecule has 2 aromatic rings. The summed E-state index contributed by atoms with van der Waals surface area (Å²) >= 11 is 3.44. The number of pyridine rings is 1. The van der Waals surface area contributed by atoms with E-state index in [4.69, 9.17) is 5.73 Å². The van der Waals surface area contributed by atoms with E-state index in [1.807, 2.05) is 24.4 Å². The van der Waals surface area contributed by atoms with E-state index < -0.39 is 0 Å². The van der Waals surface area contributed by atoms with E-state index in [0.29, 0.717) is 6.04 Å². The third-order valence-electron chi connectivity index (χ3n) is 3.46. The van der Waals surface area contributed by atoms with Gasteiger partial charge < -0.3 is 10.6 Å². The van der Waals surface area contributed by atoms with E-state index in [9.17, 15) is 0 Å². The number of nitrogens with zero attached hydrogens (tertiary/aromatic N) is 2. The summed E-state index contributed by atoms with van der Waals surface area (Å²) in [6.07, 6.45) is 2.91. The summed E-state index contributed by atoms with van der Waals surface area (Å²) in [5.74, 6) is 0. The van der Waals surface area contributed by atoms with Gasteiger partial charge in [-0.3, -0.25) is 4.98 Å². The molecule has 0 saturated carbocycles. The van der Waals surface area contributed by atoms with Crippen LogP contribution in [0.5, 0.6) is 0 Å². The fourth-order valence-electron chi connectivity index (χ4n) is 2.00. The summed E-state index contributed by atoms with van der Waals surface area (Å²) in [4.78, 5) is 6.76. The molecular formula is C14H18BrN3. The molecule has 0 radical (unpaired) electrons. The van der Waals surface area contributed by atoms with Crippen LogP contribution in [0.25, 0.3) is 10.9 Å². The number of fused-ring (bicyclic) bond motifs is 1. The van der Waals surface area contributed by atoms with Gasteiger partial charge in [0.15, 0.2) is 0 Å². The summed E-state index contributed by atoms with van der Waals surface area (Å²) in [6, 6.07) is 6.49. The fraction of sp³-hybridized carbons (Fsp3) is 0.357. The zero-order chi connectivity index (χ0) is 13.3. The van der Waals surface area contributed by atoms with E-state index in [1.54, 1.807) is 0 Å². The molecule has 2 rings (SSSR count). The molecule has 96 valence electrons. The summed E-state index contributed by atoms with van der Waals surface area (Å²) < 4.78 is 0.949. The molecule has 0 saturated heterocycles. The van der Waals surface area contributed by atoms with Gasteiger partial charge in [0.2, 0.25) is 0 Å². The van der Waals surface area contributed by atoms with Crippen molar-refractivity contribution in [3.63, 3.8) is 0 Å². The van der Waals surface area contributed by atoms with Crippen LogP contribution in [0.2, 0.25) is 0 Å². The van der Waals surface area contributed by atoms with Crippen molar-refractivity contribution in [1.82, 2.24) is 4.98 Å². The zero-order valence-corrected chi connectivity index (χ0v) is 12.5. The monoisotopic (exact) mass is 307 g/mol. The van der Waals surface area contributed by atoms with Crippen LogP contribution in [0.3, 0.4) is 0 Å². The van der Waals surface area contributed by atoms with E-state index in [1.165, 1.54) is 0 Å². The highest BCUT2D eigenvalue weighted by atomic mass is 79.9. The second-order valence-electron chi connectivity index (χ2n) is 4.59. The van der Waals surface area contributed by atoms with Crippen LogP contribution < -0.4 is 10.6 Å². The van der Waals surface area contributed by atoms with Crippen LogP contribution in [0.1, 0.15) is 20.3 Å². The molecule has 18 heavy (non-hydrogen) atoms. The third kappa shape index (κ3) is 2.29. The quantitative estimate of drug-likeness (QED) is 0.877. The van der Waals surface area contributed by atoms with Gasteiger partial charge in [0.05, 0.1) is 11.2 Å². The third-order valence-corrected chi connectivity index (χ3v) is 3.89. The Morgan fingerprint density at radius 3 is 2.83 bits per heavy atom. The number of anilines is 2. The zero-order valence-electron chi connectivity index (χ0n) is 10.9. The molecule has 0 aliphatic rings. The number of hydrogen-bond acceptors (Lipinski definition) is 3. The lowest BCUT2D eigenvalue weighted by molar-refractivity contribution is 0.665. The minimum Gasteiger partial charge on any atom is -0.398 e. The maximum Gasteiger partial charge on any atom is 0.0956 e. The normalized spacial score (nSPS) is 12.7. The van der Waals surface area contributed by atoms with Crippen LogP contribution in [-0.4, -0.2) is 18.1 Å². The summed E-state index contributed by atoms with van der Waals surface area (Å²) in [7, 11) is 2.10. The number of halogens is 1. The van der Waals surface area contributed by atoms with Crippen molar-refractivity contribution >= 4 is 38.2 Å². The first kappa shape index (κ1) is 13.1. The van der Waals surface area contributed by atoms with Crippen molar-refractivity contribution < 1.29 is 0 Å². The van der Waals surface area contributed by atoms with Crippen molar-refractivity contribution in [2.24, 2.45) is 0 Å². The highest BCUT2D eigenvalue weighted by Crippen LogP contribution is 2.31. The molecule has 1 aromatic carbocycles. The molecule has 0 amide bonds. The van der Waals surface area contributed by atoms with Gasteiger partial charge in [0, 0.05) is 34.8 Å². The number of aromatic nitrogens is 1. The van der Waals surface area contributed by atoms with Crippen molar-refractivity contribution in [2.75, 3.05) is 17.7 Å². The Hall–Kier alpha value is -1.29. The molecule has 0 aliphatic carbocycles. The number of hydrogen-bond donors (Lipinski definition) is 1. The second-order valence-corrected chi connectivity index (χ2v) is 5.51. The highest BCUT2D eigenvalue weighted by Gasteiger charge is 2.13. The lowest BCUT2D eigenvalue weighted by atomic mass is 10.1. The highest BCUT2D eigenvalue weighted by molar-refractivity contribution is 9.10. The Morgan fingerprint density at radius 1 is 1.44 bits per heavy atom. The van der Waals surface area contributed by atoms with Crippen LogP contribution >= 0.6 is 15.9 Å². The van der Waals surface area contributed by atoms with E-state index in [2.05, 4.69) is 46.7 Å². The van der Waals surface area contributed by atoms with Gasteiger partial charge in [0.1, 0.15) is 0 Å². The van der Waals surface area contributed by atoms with Crippen LogP contribution in [0.4, 0.5) is 11.4 Å². The summed E-state index contributed by atoms with van der Waals surface area (Å²) in [5.41, 5.74) is 8.87. The van der Waals surface area contributed by atoms with Gasteiger partial charge in [-0.2, -0.15) is 0 Å². The molecule has 3 nitrogen and oxygen atoms in total. The number of nitrogen functional groups attached to an aromatic ring is 1. The van der Waals surface area contributed by atoms with Crippen molar-refractivity contribution in [1.29, 1.82) is 0 Å². The first-order valence-corrected chi connectivity index (χ1v) is 6.90. The average molecular weight is 308 g/mol. The molecule has 2 N–H and O–H groups in total. The topological polar surface area (TPSA) is 42.1 Å². The van der Waals surface area contributed by atoms with Crippen molar-refractivity contribution in [2.45, 2.75) is 26.3 Å². The number of benzene rings is 1. The van der Waals surface area contributed by atoms with Gasteiger partial charge >= 0.3 is 0 Å². The Bertz CT molecular complexity index is 568. The Balaban J connectivity index is 2.62. The first-order valence-electron chi connectivity index (χ1n) is 6.11. The molecule has 4 heteroatoms. The maximum atomic E-state index is 6.02. The Morgan fingerprint density at radius 2 is 2.17 bits per heavy atom. The standard InChI is InChI=1S/C14H18BrN3/c1-4-9(2)18(3)13-6-5-12(16)11-7-10(15)8-17-14(11)13/h5-9H,4,16H2,1-3H3. The average Bonchev–Trinajstić information content (AvgIpc) is 2.38. The molecule has 0 fully saturated rings.